The molecule has 0 aromatic carbocycles. The maximum Gasteiger partial charge on any atom is 0.133 e. The zero-order chi connectivity index (χ0) is 12.8. The molecule has 0 spiro atoms. The van der Waals surface area contributed by atoms with Crippen molar-refractivity contribution in [3.63, 3.8) is 0 Å². The van der Waals surface area contributed by atoms with E-state index in [4.69, 9.17) is 0 Å². The normalized spacial score (nSPS) is 18.9. The first-order chi connectivity index (χ1) is 8.79. The Hall–Kier alpha value is -1.36. The summed E-state index contributed by atoms with van der Waals surface area (Å²) in [6, 6.07) is 2.61. The fourth-order valence-electron chi connectivity index (χ4n) is 2.24. The molecule has 0 saturated carbocycles. The zero-order valence-corrected chi connectivity index (χ0v) is 11.3. The third-order valence-electron chi connectivity index (χ3n) is 3.26. The summed E-state index contributed by atoms with van der Waals surface area (Å²) in [5.74, 6) is 1.89. The summed E-state index contributed by atoms with van der Waals surface area (Å²) in [5.41, 5.74) is 0. The molecule has 18 heavy (non-hydrogen) atoms. The van der Waals surface area contributed by atoms with Gasteiger partial charge in [0.05, 0.1) is 0 Å². The van der Waals surface area contributed by atoms with Crippen LogP contribution in [0.1, 0.15) is 26.2 Å². The maximum atomic E-state index is 4.34. The van der Waals surface area contributed by atoms with Gasteiger partial charge >= 0.3 is 0 Å². The number of anilines is 2. The van der Waals surface area contributed by atoms with Crippen LogP contribution in [-0.4, -0.2) is 42.7 Å². The van der Waals surface area contributed by atoms with Crippen molar-refractivity contribution in [3.8, 4) is 0 Å². The predicted octanol–water partition coefficient (Wildman–Crippen LogP) is 1.49. The molecule has 0 amide bonds. The van der Waals surface area contributed by atoms with E-state index >= 15 is 0 Å². The van der Waals surface area contributed by atoms with Crippen LogP contribution < -0.4 is 15.5 Å². The molecule has 2 N–H and O–H groups in total. The summed E-state index contributed by atoms with van der Waals surface area (Å²) >= 11 is 0. The molecule has 1 unspecified atom stereocenters. The average Bonchev–Trinajstić information content (AvgIpc) is 2.89. The fraction of sp³-hybridized carbons (Fsp3) is 0.692. The van der Waals surface area contributed by atoms with E-state index in [0.717, 1.165) is 37.7 Å². The number of aromatic nitrogens is 2. The Balaban J connectivity index is 1.93. The van der Waals surface area contributed by atoms with Crippen molar-refractivity contribution >= 4 is 11.6 Å². The standard InChI is InChI=1S/C13H23N5/c1-3-6-15-12-8-13(17-10-16-12)18(2)9-11-5-4-7-14-11/h8,10-11,14H,3-7,9H2,1-2H3,(H,15,16,17). The molecule has 1 aromatic heterocycles. The van der Waals surface area contributed by atoms with Gasteiger partial charge in [0.1, 0.15) is 18.0 Å². The Bertz CT molecular complexity index is 362. The van der Waals surface area contributed by atoms with Crippen LogP contribution in [0.2, 0.25) is 0 Å². The molecular formula is C13H23N5. The number of nitrogens with one attached hydrogen (secondary N) is 2. The van der Waals surface area contributed by atoms with E-state index in [1.54, 1.807) is 6.33 Å². The fourth-order valence-corrected chi connectivity index (χ4v) is 2.24. The van der Waals surface area contributed by atoms with Gasteiger partial charge in [-0.2, -0.15) is 0 Å². The second kappa shape index (κ2) is 6.54. The lowest BCUT2D eigenvalue weighted by molar-refractivity contribution is 0.597. The van der Waals surface area contributed by atoms with E-state index in [-0.39, 0.29) is 0 Å². The third-order valence-corrected chi connectivity index (χ3v) is 3.26. The van der Waals surface area contributed by atoms with Gasteiger partial charge in [-0.3, -0.25) is 0 Å². The monoisotopic (exact) mass is 249 g/mol. The molecule has 0 aliphatic carbocycles. The van der Waals surface area contributed by atoms with Crippen LogP contribution >= 0.6 is 0 Å². The SMILES string of the molecule is CCCNc1cc(N(C)CC2CCCN2)ncn1. The summed E-state index contributed by atoms with van der Waals surface area (Å²) in [6.07, 6.45) is 5.27. The van der Waals surface area contributed by atoms with Crippen molar-refractivity contribution in [2.75, 3.05) is 36.9 Å². The van der Waals surface area contributed by atoms with E-state index in [1.165, 1.54) is 12.8 Å². The second-order valence-corrected chi connectivity index (χ2v) is 4.86. The Kier molecular flexibility index (Phi) is 4.75. The van der Waals surface area contributed by atoms with Crippen molar-refractivity contribution < 1.29 is 0 Å². The average molecular weight is 249 g/mol. The van der Waals surface area contributed by atoms with Crippen LogP contribution in [-0.2, 0) is 0 Å². The van der Waals surface area contributed by atoms with Crippen LogP contribution in [0, 0.1) is 0 Å². The number of hydrogen-bond acceptors (Lipinski definition) is 5. The lowest BCUT2D eigenvalue weighted by Crippen LogP contribution is -2.35. The number of hydrogen-bond donors (Lipinski definition) is 2. The van der Waals surface area contributed by atoms with Crippen LogP contribution in [0.25, 0.3) is 0 Å². The molecule has 1 aliphatic heterocycles. The Labute approximate surface area is 109 Å². The molecule has 5 nitrogen and oxygen atoms in total. The molecule has 1 aliphatic rings. The first kappa shape index (κ1) is 13.1. The second-order valence-electron chi connectivity index (χ2n) is 4.86. The van der Waals surface area contributed by atoms with Crippen LogP contribution in [0.15, 0.2) is 12.4 Å². The van der Waals surface area contributed by atoms with Crippen molar-refractivity contribution in [2.24, 2.45) is 0 Å². The van der Waals surface area contributed by atoms with Crippen molar-refractivity contribution in [1.82, 2.24) is 15.3 Å². The molecule has 0 bridgehead atoms. The smallest absolute Gasteiger partial charge is 0.133 e. The van der Waals surface area contributed by atoms with Crippen LogP contribution in [0.4, 0.5) is 11.6 Å². The number of rotatable bonds is 6. The minimum atomic E-state index is 0.594. The quantitative estimate of drug-likeness (QED) is 0.800. The molecule has 1 aromatic rings. The van der Waals surface area contributed by atoms with Gasteiger partial charge < -0.3 is 15.5 Å². The number of likely N-dealkylation sites (N-methyl/N-ethyl adjacent to an activating group) is 1. The van der Waals surface area contributed by atoms with Gasteiger partial charge in [-0.1, -0.05) is 6.92 Å². The highest BCUT2D eigenvalue weighted by molar-refractivity contribution is 5.47. The predicted molar refractivity (Wildman–Crippen MR) is 75.1 cm³/mol. The van der Waals surface area contributed by atoms with Crippen molar-refractivity contribution in [2.45, 2.75) is 32.2 Å². The lowest BCUT2D eigenvalue weighted by Gasteiger charge is -2.22. The highest BCUT2D eigenvalue weighted by Gasteiger charge is 2.16. The van der Waals surface area contributed by atoms with Crippen molar-refractivity contribution in [3.05, 3.63) is 12.4 Å². The molecule has 2 rings (SSSR count). The molecule has 1 atom stereocenters. The summed E-state index contributed by atoms with van der Waals surface area (Å²) in [5, 5.41) is 6.80. The van der Waals surface area contributed by atoms with Gasteiger partial charge in [-0.15, -0.1) is 0 Å². The first-order valence-electron chi connectivity index (χ1n) is 6.80. The number of nitrogens with zero attached hydrogens (tertiary/aromatic N) is 3. The lowest BCUT2D eigenvalue weighted by atomic mass is 10.2. The molecule has 2 heterocycles. The first-order valence-corrected chi connectivity index (χ1v) is 6.80. The van der Waals surface area contributed by atoms with Gasteiger partial charge in [-0.25, -0.2) is 9.97 Å². The summed E-state index contributed by atoms with van der Waals surface area (Å²) in [4.78, 5) is 10.8. The van der Waals surface area contributed by atoms with Gasteiger partial charge in [0.15, 0.2) is 0 Å². The summed E-state index contributed by atoms with van der Waals surface area (Å²) in [7, 11) is 2.09. The molecule has 0 radical (unpaired) electrons. The van der Waals surface area contributed by atoms with E-state index in [1.807, 2.05) is 6.07 Å². The van der Waals surface area contributed by atoms with Gasteiger partial charge in [-0.05, 0) is 25.8 Å². The minimum absolute atomic E-state index is 0.594. The molecule has 1 fully saturated rings. The zero-order valence-electron chi connectivity index (χ0n) is 11.3. The van der Waals surface area contributed by atoms with E-state index in [0.29, 0.717) is 6.04 Å². The van der Waals surface area contributed by atoms with Gasteiger partial charge in [0, 0.05) is 32.2 Å². The van der Waals surface area contributed by atoms with Crippen LogP contribution in [0.5, 0.6) is 0 Å². The molecular weight excluding hydrogens is 226 g/mol. The Morgan fingerprint density at radius 2 is 2.39 bits per heavy atom. The third kappa shape index (κ3) is 3.57. The Morgan fingerprint density at radius 3 is 3.11 bits per heavy atom. The maximum absolute atomic E-state index is 4.34. The summed E-state index contributed by atoms with van der Waals surface area (Å²) in [6.45, 7) is 5.24. The molecule has 1 saturated heterocycles. The Morgan fingerprint density at radius 1 is 1.50 bits per heavy atom. The van der Waals surface area contributed by atoms with E-state index < -0.39 is 0 Å². The largest absolute Gasteiger partial charge is 0.370 e. The topological polar surface area (TPSA) is 53.1 Å². The highest BCUT2D eigenvalue weighted by atomic mass is 15.2. The van der Waals surface area contributed by atoms with Crippen molar-refractivity contribution in [1.29, 1.82) is 0 Å². The summed E-state index contributed by atoms with van der Waals surface area (Å²) < 4.78 is 0. The van der Waals surface area contributed by atoms with E-state index in [9.17, 15) is 0 Å². The van der Waals surface area contributed by atoms with E-state index in [2.05, 4.69) is 39.5 Å². The van der Waals surface area contributed by atoms with Gasteiger partial charge in [0.25, 0.3) is 0 Å². The highest BCUT2D eigenvalue weighted by Crippen LogP contribution is 2.15. The van der Waals surface area contributed by atoms with Crippen LogP contribution in [0.3, 0.4) is 0 Å². The molecule has 5 heteroatoms. The minimum Gasteiger partial charge on any atom is -0.370 e. The molecule has 100 valence electrons. The van der Waals surface area contributed by atoms with Gasteiger partial charge in [0.2, 0.25) is 0 Å².